The number of methoxy groups -OCH3 is 3. The molecule has 1 atom stereocenters. The van der Waals surface area contributed by atoms with Crippen LogP contribution in [0.3, 0.4) is 0 Å². The van der Waals surface area contributed by atoms with Crippen LogP contribution < -0.4 is 14.4 Å². The Kier molecular flexibility index (Phi) is 6.06. The number of amides is 2. The van der Waals surface area contributed by atoms with Crippen molar-refractivity contribution in [2.24, 2.45) is 11.8 Å². The Bertz CT molecular complexity index is 757. The molecule has 8 heteroatoms. The molecular weight excluding hydrogens is 364 g/mol. The van der Waals surface area contributed by atoms with Gasteiger partial charge < -0.3 is 24.0 Å². The summed E-state index contributed by atoms with van der Waals surface area (Å²) in [6.45, 7) is 1.33. The van der Waals surface area contributed by atoms with Crippen LogP contribution in [-0.4, -0.2) is 63.6 Å². The van der Waals surface area contributed by atoms with Crippen molar-refractivity contribution in [1.82, 2.24) is 4.90 Å². The highest BCUT2D eigenvalue weighted by Crippen LogP contribution is 2.36. The third-order valence-electron chi connectivity index (χ3n) is 5.49. The smallest absolute Gasteiger partial charge is 0.308 e. The minimum absolute atomic E-state index is 0.0355. The SMILES string of the molecule is COC(=O)C1CCN(C(=O)[C@@H]2CC(=O)N(c3ccc(OC)cc3OC)C2)CC1. The Morgan fingerprint density at radius 2 is 1.75 bits per heavy atom. The van der Waals surface area contributed by atoms with Gasteiger partial charge in [0.05, 0.1) is 38.9 Å². The Morgan fingerprint density at radius 3 is 2.36 bits per heavy atom. The molecule has 0 bridgehead atoms. The fourth-order valence-corrected chi connectivity index (χ4v) is 3.87. The van der Waals surface area contributed by atoms with Gasteiger partial charge in [-0.2, -0.15) is 0 Å². The molecular formula is C20H26N2O6. The summed E-state index contributed by atoms with van der Waals surface area (Å²) >= 11 is 0. The van der Waals surface area contributed by atoms with Gasteiger partial charge in [-0.15, -0.1) is 0 Å². The van der Waals surface area contributed by atoms with Crippen molar-refractivity contribution in [2.45, 2.75) is 19.3 Å². The Hall–Kier alpha value is -2.77. The number of ether oxygens (including phenoxy) is 3. The summed E-state index contributed by atoms with van der Waals surface area (Å²) in [4.78, 5) is 40.5. The molecule has 2 heterocycles. The average Bonchev–Trinajstić information content (AvgIpc) is 3.13. The number of anilines is 1. The first-order valence-electron chi connectivity index (χ1n) is 9.37. The number of likely N-dealkylation sites (tertiary alicyclic amines) is 1. The number of hydrogen-bond acceptors (Lipinski definition) is 6. The van der Waals surface area contributed by atoms with E-state index in [2.05, 4.69) is 0 Å². The summed E-state index contributed by atoms with van der Waals surface area (Å²) in [6.07, 6.45) is 1.36. The minimum Gasteiger partial charge on any atom is -0.497 e. The highest BCUT2D eigenvalue weighted by Gasteiger charge is 2.39. The second-order valence-electron chi connectivity index (χ2n) is 7.07. The van der Waals surface area contributed by atoms with Crippen molar-refractivity contribution in [3.8, 4) is 11.5 Å². The molecule has 1 aromatic rings. The number of carbonyl (C=O) groups is 3. The number of carbonyl (C=O) groups excluding carboxylic acids is 3. The Morgan fingerprint density at radius 1 is 1.04 bits per heavy atom. The first-order chi connectivity index (χ1) is 13.5. The predicted molar refractivity (Wildman–Crippen MR) is 101 cm³/mol. The van der Waals surface area contributed by atoms with E-state index in [0.29, 0.717) is 49.7 Å². The normalized spacial score (nSPS) is 20.2. The zero-order valence-electron chi connectivity index (χ0n) is 16.5. The van der Waals surface area contributed by atoms with Gasteiger partial charge in [0.2, 0.25) is 11.8 Å². The van der Waals surface area contributed by atoms with Crippen LogP contribution in [0.4, 0.5) is 5.69 Å². The second kappa shape index (κ2) is 8.50. The summed E-state index contributed by atoms with van der Waals surface area (Å²) in [5, 5.41) is 0. The summed E-state index contributed by atoms with van der Waals surface area (Å²) in [5.41, 5.74) is 0.632. The first kappa shape index (κ1) is 20.0. The highest BCUT2D eigenvalue weighted by atomic mass is 16.5. The molecule has 2 saturated heterocycles. The molecule has 1 aromatic carbocycles. The maximum atomic E-state index is 12.9. The van der Waals surface area contributed by atoms with Gasteiger partial charge >= 0.3 is 5.97 Å². The highest BCUT2D eigenvalue weighted by molar-refractivity contribution is 6.01. The quantitative estimate of drug-likeness (QED) is 0.708. The van der Waals surface area contributed by atoms with Crippen LogP contribution in [0.1, 0.15) is 19.3 Å². The molecule has 28 heavy (non-hydrogen) atoms. The number of hydrogen-bond donors (Lipinski definition) is 0. The van der Waals surface area contributed by atoms with E-state index in [1.165, 1.54) is 14.2 Å². The van der Waals surface area contributed by atoms with Crippen LogP contribution in [0.15, 0.2) is 18.2 Å². The lowest BCUT2D eigenvalue weighted by molar-refractivity contribution is -0.149. The van der Waals surface area contributed by atoms with E-state index in [1.807, 2.05) is 0 Å². The maximum absolute atomic E-state index is 12.9. The molecule has 3 rings (SSSR count). The van der Waals surface area contributed by atoms with E-state index >= 15 is 0 Å². The van der Waals surface area contributed by atoms with Crippen molar-refractivity contribution in [2.75, 3.05) is 45.9 Å². The van der Waals surface area contributed by atoms with E-state index in [9.17, 15) is 14.4 Å². The molecule has 0 aromatic heterocycles. The molecule has 8 nitrogen and oxygen atoms in total. The van der Waals surface area contributed by atoms with Crippen LogP contribution >= 0.6 is 0 Å². The first-order valence-corrected chi connectivity index (χ1v) is 9.37. The summed E-state index contributed by atoms with van der Waals surface area (Å²) in [7, 11) is 4.48. The topological polar surface area (TPSA) is 85.4 Å². The Balaban J connectivity index is 1.66. The van der Waals surface area contributed by atoms with E-state index in [1.54, 1.807) is 35.1 Å². The van der Waals surface area contributed by atoms with Gasteiger partial charge in [-0.3, -0.25) is 14.4 Å². The summed E-state index contributed by atoms with van der Waals surface area (Å²) in [5.74, 6) is 0.250. The van der Waals surface area contributed by atoms with Gasteiger partial charge in [-0.25, -0.2) is 0 Å². The third-order valence-corrected chi connectivity index (χ3v) is 5.49. The van der Waals surface area contributed by atoms with Gasteiger partial charge in [-0.1, -0.05) is 0 Å². The third kappa shape index (κ3) is 3.90. The fourth-order valence-electron chi connectivity index (χ4n) is 3.87. The summed E-state index contributed by atoms with van der Waals surface area (Å²) in [6, 6.07) is 5.25. The fraction of sp³-hybridized carbons (Fsp3) is 0.550. The zero-order valence-corrected chi connectivity index (χ0v) is 16.5. The van der Waals surface area contributed by atoms with Crippen LogP contribution in [0, 0.1) is 11.8 Å². The van der Waals surface area contributed by atoms with Crippen molar-refractivity contribution in [3.05, 3.63) is 18.2 Å². The number of piperidine rings is 1. The van der Waals surface area contributed by atoms with Crippen molar-refractivity contribution < 1.29 is 28.6 Å². The van der Waals surface area contributed by atoms with Gasteiger partial charge in [0.1, 0.15) is 11.5 Å². The number of rotatable bonds is 5. The molecule has 2 aliphatic rings. The maximum Gasteiger partial charge on any atom is 0.308 e. The lowest BCUT2D eigenvalue weighted by Crippen LogP contribution is -2.43. The molecule has 2 aliphatic heterocycles. The van der Waals surface area contributed by atoms with Gasteiger partial charge in [-0.05, 0) is 25.0 Å². The van der Waals surface area contributed by atoms with Crippen LogP contribution in [0.25, 0.3) is 0 Å². The van der Waals surface area contributed by atoms with Gasteiger partial charge in [0.15, 0.2) is 0 Å². The molecule has 0 aliphatic carbocycles. The van der Waals surface area contributed by atoms with E-state index in [0.717, 1.165) is 0 Å². The van der Waals surface area contributed by atoms with Crippen LogP contribution in [0.5, 0.6) is 11.5 Å². The molecule has 2 fully saturated rings. The standard InChI is InChI=1S/C20H26N2O6/c1-26-15-4-5-16(17(11-15)27-2)22-12-14(10-18(22)23)19(24)21-8-6-13(7-9-21)20(25)28-3/h4-5,11,13-14H,6-10,12H2,1-3H3/t14-/m1/s1. The van der Waals surface area contributed by atoms with Crippen molar-refractivity contribution >= 4 is 23.5 Å². The molecule has 0 unspecified atom stereocenters. The monoisotopic (exact) mass is 390 g/mol. The summed E-state index contributed by atoms with van der Waals surface area (Å²) < 4.78 is 15.4. The van der Waals surface area contributed by atoms with E-state index in [-0.39, 0.29) is 30.1 Å². The number of benzene rings is 1. The number of esters is 1. The zero-order chi connectivity index (χ0) is 20.3. The van der Waals surface area contributed by atoms with E-state index < -0.39 is 5.92 Å². The molecule has 0 saturated carbocycles. The van der Waals surface area contributed by atoms with Crippen molar-refractivity contribution in [3.63, 3.8) is 0 Å². The van der Waals surface area contributed by atoms with Gasteiger partial charge in [0.25, 0.3) is 0 Å². The molecule has 152 valence electrons. The van der Waals surface area contributed by atoms with Crippen molar-refractivity contribution in [1.29, 1.82) is 0 Å². The average molecular weight is 390 g/mol. The molecule has 0 spiro atoms. The largest absolute Gasteiger partial charge is 0.497 e. The van der Waals surface area contributed by atoms with Crippen LogP contribution in [0.2, 0.25) is 0 Å². The van der Waals surface area contributed by atoms with Gasteiger partial charge in [0, 0.05) is 32.1 Å². The van der Waals surface area contributed by atoms with Crippen LogP contribution in [-0.2, 0) is 19.1 Å². The lowest BCUT2D eigenvalue weighted by atomic mass is 9.95. The number of nitrogens with zero attached hydrogens (tertiary/aromatic N) is 2. The molecule has 0 radical (unpaired) electrons. The predicted octanol–water partition coefficient (Wildman–Crippen LogP) is 1.47. The molecule has 2 amide bonds. The second-order valence-corrected chi connectivity index (χ2v) is 7.07. The minimum atomic E-state index is -0.394. The van der Waals surface area contributed by atoms with E-state index in [4.69, 9.17) is 14.2 Å². The lowest BCUT2D eigenvalue weighted by Gasteiger charge is -2.32. The molecule has 0 N–H and O–H groups in total. The Labute approximate surface area is 164 Å².